The minimum atomic E-state index is -0.425. The molecule has 1 amide bonds. The molecule has 0 aromatic heterocycles. The molecule has 0 radical (unpaired) electrons. The number of methoxy groups -OCH3 is 2. The lowest BCUT2D eigenvalue weighted by atomic mass is 10.1. The van der Waals surface area contributed by atoms with E-state index in [1.54, 1.807) is 14.2 Å². The number of likely N-dealkylation sites (tertiary alicyclic amines) is 1. The normalized spacial score (nSPS) is 19.3. The first-order valence-electron chi connectivity index (χ1n) is 7.60. The van der Waals surface area contributed by atoms with Crippen LogP contribution in [0.5, 0.6) is 0 Å². The fraction of sp³-hybridized carbons (Fsp3) is 0.933. The Morgan fingerprint density at radius 1 is 1.33 bits per heavy atom. The van der Waals surface area contributed by atoms with Gasteiger partial charge in [-0.1, -0.05) is 0 Å². The van der Waals surface area contributed by atoms with E-state index in [9.17, 15) is 4.79 Å². The van der Waals surface area contributed by atoms with Crippen molar-refractivity contribution in [3.8, 4) is 0 Å². The number of rotatable bonds is 7. The van der Waals surface area contributed by atoms with Crippen LogP contribution in [0.15, 0.2) is 0 Å². The smallest absolute Gasteiger partial charge is 0.410 e. The first kappa shape index (κ1) is 18.2. The number of amides is 1. The first-order valence-corrected chi connectivity index (χ1v) is 7.60. The van der Waals surface area contributed by atoms with Gasteiger partial charge in [0, 0.05) is 33.9 Å². The molecular weight excluding hydrogens is 272 g/mol. The van der Waals surface area contributed by atoms with Gasteiger partial charge in [0.1, 0.15) is 5.60 Å². The summed E-state index contributed by atoms with van der Waals surface area (Å²) in [5.41, 5.74) is -0.425. The van der Waals surface area contributed by atoms with Crippen LogP contribution >= 0.6 is 0 Å². The second kappa shape index (κ2) is 8.56. The van der Waals surface area contributed by atoms with E-state index in [-0.39, 0.29) is 12.4 Å². The van der Waals surface area contributed by atoms with Gasteiger partial charge in [0.2, 0.25) is 0 Å². The second-order valence-electron chi connectivity index (χ2n) is 6.47. The zero-order chi connectivity index (χ0) is 15.9. The molecule has 6 nitrogen and oxygen atoms in total. The molecule has 1 aliphatic heterocycles. The predicted octanol–water partition coefficient (Wildman–Crippen LogP) is 1.84. The predicted molar refractivity (Wildman–Crippen MR) is 81.2 cm³/mol. The number of ether oxygens (including phenoxy) is 3. The molecule has 1 atom stereocenters. The minimum absolute atomic E-state index is 0.197. The SMILES string of the molecule is COC(CNCCC1CCN(C(=O)OC(C)(C)C)C1)OC. The van der Waals surface area contributed by atoms with Crippen LogP contribution in [-0.4, -0.2) is 63.3 Å². The monoisotopic (exact) mass is 302 g/mol. The van der Waals surface area contributed by atoms with E-state index < -0.39 is 5.60 Å². The summed E-state index contributed by atoms with van der Waals surface area (Å²) in [5, 5.41) is 3.31. The van der Waals surface area contributed by atoms with Crippen LogP contribution in [0.3, 0.4) is 0 Å². The average Bonchev–Trinajstić information content (AvgIpc) is 2.86. The third-order valence-electron chi connectivity index (χ3n) is 3.50. The summed E-state index contributed by atoms with van der Waals surface area (Å²) in [5.74, 6) is 0.536. The van der Waals surface area contributed by atoms with Crippen molar-refractivity contribution in [2.45, 2.75) is 45.5 Å². The van der Waals surface area contributed by atoms with Gasteiger partial charge in [0.25, 0.3) is 0 Å². The number of hydrogen-bond acceptors (Lipinski definition) is 5. The van der Waals surface area contributed by atoms with Gasteiger partial charge >= 0.3 is 6.09 Å². The number of nitrogens with one attached hydrogen (secondary N) is 1. The minimum Gasteiger partial charge on any atom is -0.444 e. The fourth-order valence-electron chi connectivity index (χ4n) is 2.35. The van der Waals surface area contributed by atoms with Gasteiger partial charge in [-0.25, -0.2) is 4.79 Å². The van der Waals surface area contributed by atoms with Gasteiger partial charge in [-0.15, -0.1) is 0 Å². The highest BCUT2D eigenvalue weighted by Gasteiger charge is 2.29. The van der Waals surface area contributed by atoms with Crippen molar-refractivity contribution in [2.24, 2.45) is 5.92 Å². The number of hydrogen-bond donors (Lipinski definition) is 1. The van der Waals surface area contributed by atoms with Crippen LogP contribution in [0.1, 0.15) is 33.6 Å². The van der Waals surface area contributed by atoms with E-state index in [4.69, 9.17) is 14.2 Å². The van der Waals surface area contributed by atoms with Crippen molar-refractivity contribution in [1.82, 2.24) is 10.2 Å². The third kappa shape index (κ3) is 7.11. The summed E-state index contributed by atoms with van der Waals surface area (Å²) in [6.45, 7) is 8.83. The Labute approximate surface area is 128 Å². The van der Waals surface area contributed by atoms with Crippen LogP contribution in [0, 0.1) is 5.92 Å². The number of nitrogens with zero attached hydrogens (tertiary/aromatic N) is 1. The molecule has 1 fully saturated rings. The molecule has 1 rings (SSSR count). The molecule has 1 unspecified atom stereocenters. The van der Waals surface area contributed by atoms with E-state index in [1.165, 1.54) is 0 Å². The summed E-state index contributed by atoms with van der Waals surface area (Å²) in [4.78, 5) is 13.8. The lowest BCUT2D eigenvalue weighted by Gasteiger charge is -2.24. The summed E-state index contributed by atoms with van der Waals surface area (Å²) in [6.07, 6.45) is 1.68. The van der Waals surface area contributed by atoms with Crippen molar-refractivity contribution in [3.05, 3.63) is 0 Å². The Bertz CT molecular complexity index is 313. The van der Waals surface area contributed by atoms with E-state index in [0.29, 0.717) is 12.5 Å². The highest BCUT2D eigenvalue weighted by molar-refractivity contribution is 5.68. The van der Waals surface area contributed by atoms with Crippen LogP contribution in [-0.2, 0) is 14.2 Å². The van der Waals surface area contributed by atoms with Gasteiger partial charge in [0.05, 0.1) is 0 Å². The zero-order valence-corrected chi connectivity index (χ0v) is 14.0. The lowest BCUT2D eigenvalue weighted by molar-refractivity contribution is -0.0987. The van der Waals surface area contributed by atoms with Gasteiger partial charge in [-0.05, 0) is 46.1 Å². The maximum Gasteiger partial charge on any atom is 0.410 e. The summed E-state index contributed by atoms with van der Waals surface area (Å²) in [6, 6.07) is 0. The Hall–Kier alpha value is -0.850. The molecule has 0 aromatic rings. The van der Waals surface area contributed by atoms with Crippen molar-refractivity contribution >= 4 is 6.09 Å². The Kier molecular flexibility index (Phi) is 7.42. The maximum absolute atomic E-state index is 12.0. The van der Waals surface area contributed by atoms with E-state index in [2.05, 4.69) is 5.32 Å². The summed E-state index contributed by atoms with van der Waals surface area (Å²) < 4.78 is 15.6. The zero-order valence-electron chi connectivity index (χ0n) is 14.0. The van der Waals surface area contributed by atoms with Crippen LogP contribution in [0.2, 0.25) is 0 Å². The van der Waals surface area contributed by atoms with Gasteiger partial charge in [0.15, 0.2) is 6.29 Å². The van der Waals surface area contributed by atoms with Crippen LogP contribution in [0.25, 0.3) is 0 Å². The molecule has 1 aliphatic rings. The Balaban J connectivity index is 2.18. The van der Waals surface area contributed by atoms with Crippen molar-refractivity contribution in [3.63, 3.8) is 0 Å². The molecule has 0 spiro atoms. The van der Waals surface area contributed by atoms with Gasteiger partial charge in [-0.2, -0.15) is 0 Å². The van der Waals surface area contributed by atoms with Gasteiger partial charge < -0.3 is 24.4 Å². The van der Waals surface area contributed by atoms with Crippen molar-refractivity contribution < 1.29 is 19.0 Å². The second-order valence-corrected chi connectivity index (χ2v) is 6.47. The van der Waals surface area contributed by atoms with Crippen molar-refractivity contribution in [2.75, 3.05) is 40.4 Å². The molecular formula is C15H30N2O4. The molecule has 1 N–H and O–H groups in total. The fourth-order valence-corrected chi connectivity index (χ4v) is 2.35. The molecule has 0 bridgehead atoms. The van der Waals surface area contributed by atoms with Gasteiger partial charge in [-0.3, -0.25) is 0 Å². The molecule has 0 saturated carbocycles. The quantitative estimate of drug-likeness (QED) is 0.574. The summed E-state index contributed by atoms with van der Waals surface area (Å²) >= 11 is 0. The molecule has 0 aliphatic carbocycles. The first-order chi connectivity index (χ1) is 9.85. The standard InChI is InChI=1S/C15H30N2O4/c1-15(2,3)21-14(18)17-9-7-12(11-17)6-8-16-10-13(19-4)20-5/h12-13,16H,6-11H2,1-5H3. The van der Waals surface area contributed by atoms with E-state index in [0.717, 1.165) is 32.5 Å². The summed E-state index contributed by atoms with van der Waals surface area (Å²) in [7, 11) is 3.26. The molecule has 124 valence electrons. The molecule has 6 heteroatoms. The Morgan fingerprint density at radius 2 is 2.00 bits per heavy atom. The number of carbonyl (C=O) groups is 1. The number of carbonyl (C=O) groups excluding carboxylic acids is 1. The maximum atomic E-state index is 12.0. The van der Waals surface area contributed by atoms with E-state index >= 15 is 0 Å². The van der Waals surface area contributed by atoms with Crippen molar-refractivity contribution in [1.29, 1.82) is 0 Å². The largest absolute Gasteiger partial charge is 0.444 e. The topological polar surface area (TPSA) is 60.0 Å². The average molecular weight is 302 g/mol. The molecule has 21 heavy (non-hydrogen) atoms. The van der Waals surface area contributed by atoms with E-state index in [1.807, 2.05) is 25.7 Å². The highest BCUT2D eigenvalue weighted by atomic mass is 16.7. The highest BCUT2D eigenvalue weighted by Crippen LogP contribution is 2.21. The molecule has 1 heterocycles. The Morgan fingerprint density at radius 3 is 2.57 bits per heavy atom. The molecule has 1 saturated heterocycles. The third-order valence-corrected chi connectivity index (χ3v) is 3.50. The molecule has 0 aromatic carbocycles. The lowest BCUT2D eigenvalue weighted by Crippen LogP contribution is -2.35. The van der Waals surface area contributed by atoms with Crippen LogP contribution in [0.4, 0.5) is 4.79 Å². The van der Waals surface area contributed by atoms with Crippen LogP contribution < -0.4 is 5.32 Å².